The molecular formula is C16H16ClN3O2S2. The van der Waals surface area contributed by atoms with Gasteiger partial charge in [-0.3, -0.25) is 4.79 Å². The Morgan fingerprint density at radius 2 is 2.08 bits per heavy atom. The largest absolute Gasteiger partial charge is 0.410 e. The standard InChI is InChI=1S/C16H16ClN3O2S2/c1-16(2,3)18-11(21)8-23-15-20-19-14(22-15)13-12(17)9-6-4-5-7-10(9)24-13/h4-7H,8H2,1-3H3,(H,18,21). The smallest absolute Gasteiger partial charge is 0.277 e. The molecule has 3 rings (SSSR count). The van der Waals surface area contributed by atoms with Crippen molar-refractivity contribution in [1.82, 2.24) is 15.5 Å². The zero-order valence-corrected chi connectivity index (χ0v) is 15.8. The Bertz CT molecular complexity index is 883. The number of amides is 1. The number of benzene rings is 1. The third-order valence-electron chi connectivity index (χ3n) is 2.98. The second-order valence-corrected chi connectivity index (χ2v) is 8.56. The Hall–Kier alpha value is -1.57. The Balaban J connectivity index is 1.73. The van der Waals surface area contributed by atoms with Crippen molar-refractivity contribution in [3.05, 3.63) is 29.3 Å². The predicted octanol–water partition coefficient (Wildman–Crippen LogP) is 4.61. The molecule has 0 bridgehead atoms. The zero-order valence-electron chi connectivity index (χ0n) is 13.4. The van der Waals surface area contributed by atoms with Crippen molar-refractivity contribution in [1.29, 1.82) is 0 Å². The molecule has 0 aliphatic heterocycles. The third kappa shape index (κ3) is 3.91. The van der Waals surface area contributed by atoms with Gasteiger partial charge in [0.1, 0.15) is 4.88 Å². The van der Waals surface area contributed by atoms with Crippen LogP contribution in [0.3, 0.4) is 0 Å². The molecule has 0 aliphatic rings. The van der Waals surface area contributed by atoms with Crippen LogP contribution in [0.25, 0.3) is 20.9 Å². The van der Waals surface area contributed by atoms with Gasteiger partial charge in [-0.15, -0.1) is 21.5 Å². The first-order valence-electron chi connectivity index (χ1n) is 7.28. The molecule has 24 heavy (non-hydrogen) atoms. The summed E-state index contributed by atoms with van der Waals surface area (Å²) in [5.74, 6) is 0.519. The lowest BCUT2D eigenvalue weighted by atomic mass is 10.1. The average Bonchev–Trinajstić information content (AvgIpc) is 3.09. The van der Waals surface area contributed by atoms with Crippen LogP contribution >= 0.6 is 34.7 Å². The van der Waals surface area contributed by atoms with E-state index in [1.54, 1.807) is 0 Å². The van der Waals surface area contributed by atoms with Crippen LogP contribution in [0.15, 0.2) is 33.9 Å². The fourth-order valence-electron chi connectivity index (χ4n) is 2.09. The summed E-state index contributed by atoms with van der Waals surface area (Å²) in [6.45, 7) is 5.80. The number of nitrogens with zero attached hydrogens (tertiary/aromatic N) is 2. The molecule has 1 N–H and O–H groups in total. The van der Waals surface area contributed by atoms with E-state index in [1.165, 1.54) is 23.1 Å². The maximum atomic E-state index is 11.8. The summed E-state index contributed by atoms with van der Waals surface area (Å²) in [5, 5.41) is 12.9. The molecule has 8 heteroatoms. The van der Waals surface area contributed by atoms with Gasteiger partial charge in [-0.25, -0.2) is 0 Å². The molecule has 2 heterocycles. The van der Waals surface area contributed by atoms with Crippen molar-refractivity contribution in [3.8, 4) is 10.8 Å². The number of carbonyl (C=O) groups is 1. The summed E-state index contributed by atoms with van der Waals surface area (Å²) in [7, 11) is 0. The molecule has 5 nitrogen and oxygen atoms in total. The number of halogens is 1. The predicted molar refractivity (Wildman–Crippen MR) is 98.7 cm³/mol. The molecule has 0 saturated carbocycles. The van der Waals surface area contributed by atoms with Crippen LogP contribution in [-0.2, 0) is 4.79 Å². The fourth-order valence-corrected chi connectivity index (χ4v) is 4.09. The molecule has 0 fully saturated rings. The lowest BCUT2D eigenvalue weighted by Gasteiger charge is -2.19. The van der Waals surface area contributed by atoms with E-state index in [1.807, 2.05) is 45.0 Å². The topological polar surface area (TPSA) is 68.0 Å². The molecule has 1 amide bonds. The first-order chi connectivity index (χ1) is 11.3. The fraction of sp³-hybridized carbons (Fsp3) is 0.312. The van der Waals surface area contributed by atoms with E-state index in [0.717, 1.165) is 15.0 Å². The SMILES string of the molecule is CC(C)(C)NC(=O)CSc1nnc(-c2sc3ccccc3c2Cl)o1. The Labute approximate surface area is 152 Å². The van der Waals surface area contributed by atoms with Crippen molar-refractivity contribution >= 4 is 50.7 Å². The third-order valence-corrected chi connectivity index (χ3v) is 5.46. The van der Waals surface area contributed by atoms with Crippen LogP contribution < -0.4 is 5.32 Å². The maximum absolute atomic E-state index is 11.8. The number of nitrogens with one attached hydrogen (secondary N) is 1. The Morgan fingerprint density at radius 1 is 1.33 bits per heavy atom. The van der Waals surface area contributed by atoms with Gasteiger partial charge in [0.15, 0.2) is 0 Å². The van der Waals surface area contributed by atoms with Crippen molar-refractivity contribution < 1.29 is 9.21 Å². The molecule has 0 saturated heterocycles. The first-order valence-corrected chi connectivity index (χ1v) is 9.46. The summed E-state index contributed by atoms with van der Waals surface area (Å²) in [4.78, 5) is 12.6. The molecule has 0 atom stereocenters. The molecule has 126 valence electrons. The minimum atomic E-state index is -0.262. The summed E-state index contributed by atoms with van der Waals surface area (Å²) >= 11 is 9.13. The number of aromatic nitrogens is 2. The summed E-state index contributed by atoms with van der Waals surface area (Å²) in [5.41, 5.74) is -0.262. The van der Waals surface area contributed by atoms with Gasteiger partial charge in [0, 0.05) is 15.6 Å². The molecule has 1 aromatic carbocycles. The molecule has 3 aromatic rings. The summed E-state index contributed by atoms with van der Waals surface area (Å²) < 4.78 is 6.71. The van der Waals surface area contributed by atoms with E-state index in [9.17, 15) is 4.79 Å². The second-order valence-electron chi connectivity index (χ2n) is 6.20. The van der Waals surface area contributed by atoms with Crippen LogP contribution in [0, 0.1) is 0 Å². The van der Waals surface area contributed by atoms with Crippen molar-refractivity contribution in [3.63, 3.8) is 0 Å². The van der Waals surface area contributed by atoms with Crippen LogP contribution in [0.5, 0.6) is 0 Å². The second kappa shape index (κ2) is 6.74. The number of rotatable bonds is 4. The van der Waals surface area contributed by atoms with Crippen LogP contribution in [-0.4, -0.2) is 27.4 Å². The van der Waals surface area contributed by atoms with E-state index < -0.39 is 0 Å². The molecule has 0 unspecified atom stereocenters. The number of thiophene rings is 1. The van der Waals surface area contributed by atoms with Crippen molar-refractivity contribution in [2.24, 2.45) is 0 Å². The summed E-state index contributed by atoms with van der Waals surface area (Å²) in [6, 6.07) is 7.86. The van der Waals surface area contributed by atoms with E-state index in [0.29, 0.717) is 16.1 Å². The van der Waals surface area contributed by atoms with E-state index in [-0.39, 0.29) is 17.2 Å². The highest BCUT2D eigenvalue weighted by Crippen LogP contribution is 2.41. The zero-order chi connectivity index (χ0) is 17.3. The highest BCUT2D eigenvalue weighted by molar-refractivity contribution is 7.99. The molecule has 0 aliphatic carbocycles. The number of fused-ring (bicyclic) bond motifs is 1. The van der Waals surface area contributed by atoms with E-state index in [2.05, 4.69) is 15.5 Å². The number of hydrogen-bond donors (Lipinski definition) is 1. The monoisotopic (exact) mass is 381 g/mol. The normalized spacial score (nSPS) is 11.8. The van der Waals surface area contributed by atoms with Gasteiger partial charge in [0.2, 0.25) is 5.91 Å². The van der Waals surface area contributed by atoms with Gasteiger partial charge in [-0.2, -0.15) is 0 Å². The lowest BCUT2D eigenvalue weighted by molar-refractivity contribution is -0.119. The van der Waals surface area contributed by atoms with Crippen LogP contribution in [0.1, 0.15) is 20.8 Å². The molecular weight excluding hydrogens is 366 g/mol. The Kier molecular flexibility index (Phi) is 4.85. The molecule has 0 spiro atoms. The van der Waals surface area contributed by atoms with Gasteiger partial charge in [-0.05, 0) is 26.8 Å². The van der Waals surface area contributed by atoms with Gasteiger partial charge in [0.25, 0.3) is 11.1 Å². The quantitative estimate of drug-likeness (QED) is 0.668. The number of hydrogen-bond acceptors (Lipinski definition) is 6. The van der Waals surface area contributed by atoms with Crippen molar-refractivity contribution in [2.45, 2.75) is 31.5 Å². The highest BCUT2D eigenvalue weighted by Gasteiger charge is 2.19. The average molecular weight is 382 g/mol. The molecule has 0 radical (unpaired) electrons. The minimum Gasteiger partial charge on any atom is -0.410 e. The van der Waals surface area contributed by atoms with Gasteiger partial charge >= 0.3 is 0 Å². The van der Waals surface area contributed by atoms with E-state index in [4.69, 9.17) is 16.0 Å². The van der Waals surface area contributed by atoms with Crippen LogP contribution in [0.4, 0.5) is 0 Å². The maximum Gasteiger partial charge on any atom is 0.277 e. The number of carbonyl (C=O) groups excluding carboxylic acids is 1. The van der Waals surface area contributed by atoms with Gasteiger partial charge in [-0.1, -0.05) is 41.6 Å². The lowest BCUT2D eigenvalue weighted by Crippen LogP contribution is -2.41. The van der Waals surface area contributed by atoms with E-state index >= 15 is 0 Å². The minimum absolute atomic E-state index is 0.0767. The van der Waals surface area contributed by atoms with Gasteiger partial charge < -0.3 is 9.73 Å². The number of thioether (sulfide) groups is 1. The molecule has 2 aromatic heterocycles. The van der Waals surface area contributed by atoms with Crippen LogP contribution in [0.2, 0.25) is 5.02 Å². The Morgan fingerprint density at radius 3 is 2.79 bits per heavy atom. The van der Waals surface area contributed by atoms with Crippen molar-refractivity contribution in [2.75, 3.05) is 5.75 Å². The highest BCUT2D eigenvalue weighted by atomic mass is 35.5. The van der Waals surface area contributed by atoms with Gasteiger partial charge in [0.05, 0.1) is 10.8 Å². The summed E-state index contributed by atoms with van der Waals surface area (Å²) in [6.07, 6.45) is 0. The first kappa shape index (κ1) is 17.3.